The van der Waals surface area contributed by atoms with Crippen molar-refractivity contribution in [3.63, 3.8) is 0 Å². The van der Waals surface area contributed by atoms with Crippen LogP contribution >= 0.6 is 12.4 Å². The average Bonchev–Trinajstić information content (AvgIpc) is 2.97. The van der Waals surface area contributed by atoms with Crippen LogP contribution in [-0.4, -0.2) is 34.2 Å². The van der Waals surface area contributed by atoms with Gasteiger partial charge in [-0.2, -0.15) is 4.98 Å². The van der Waals surface area contributed by atoms with E-state index in [1.165, 1.54) is 25.0 Å². The number of hydrogen-bond acceptors (Lipinski definition) is 5. The highest BCUT2D eigenvalue weighted by atomic mass is 35.5. The molecule has 3 rings (SSSR count). The van der Waals surface area contributed by atoms with Crippen molar-refractivity contribution in [2.45, 2.75) is 31.8 Å². The molecule has 0 aliphatic carbocycles. The molecular formula is C15H20ClFN4O. The Morgan fingerprint density at radius 2 is 2.05 bits per heavy atom. The predicted molar refractivity (Wildman–Crippen MR) is 84.0 cm³/mol. The molecule has 0 saturated carbocycles. The highest BCUT2D eigenvalue weighted by Gasteiger charge is 2.23. The van der Waals surface area contributed by atoms with E-state index < -0.39 is 0 Å². The number of aromatic nitrogens is 2. The summed E-state index contributed by atoms with van der Waals surface area (Å²) in [5, 5.41) is 3.97. The molecule has 1 unspecified atom stereocenters. The van der Waals surface area contributed by atoms with E-state index in [1.807, 2.05) is 0 Å². The van der Waals surface area contributed by atoms with E-state index in [-0.39, 0.29) is 18.2 Å². The number of hydrogen-bond donors (Lipinski definition) is 1. The summed E-state index contributed by atoms with van der Waals surface area (Å²) in [4.78, 5) is 6.69. The molecule has 7 heteroatoms. The number of nitrogens with two attached hydrogens (primary N) is 1. The molecule has 0 radical (unpaired) electrons. The quantitative estimate of drug-likeness (QED) is 0.935. The lowest BCUT2D eigenvalue weighted by atomic mass is 10.0. The number of nitrogens with zero attached hydrogens (tertiary/aromatic N) is 3. The monoisotopic (exact) mass is 326 g/mol. The molecule has 1 aliphatic heterocycles. The van der Waals surface area contributed by atoms with Gasteiger partial charge in [-0.25, -0.2) is 4.39 Å². The molecular weight excluding hydrogens is 307 g/mol. The number of halogens is 2. The van der Waals surface area contributed by atoms with Crippen molar-refractivity contribution in [3.8, 4) is 11.4 Å². The van der Waals surface area contributed by atoms with Crippen molar-refractivity contribution in [2.24, 2.45) is 5.73 Å². The largest absolute Gasteiger partial charge is 0.338 e. The fourth-order valence-corrected chi connectivity index (χ4v) is 2.74. The van der Waals surface area contributed by atoms with Gasteiger partial charge >= 0.3 is 0 Å². The maximum Gasteiger partial charge on any atom is 0.241 e. The van der Waals surface area contributed by atoms with Gasteiger partial charge in [0.1, 0.15) is 5.82 Å². The van der Waals surface area contributed by atoms with Gasteiger partial charge in [0.25, 0.3) is 0 Å². The van der Waals surface area contributed by atoms with E-state index in [4.69, 9.17) is 10.3 Å². The van der Waals surface area contributed by atoms with E-state index in [9.17, 15) is 4.39 Å². The predicted octanol–water partition coefficient (Wildman–Crippen LogP) is 2.61. The number of rotatable bonds is 4. The fraction of sp³-hybridized carbons (Fsp3) is 0.467. The van der Waals surface area contributed by atoms with Crippen LogP contribution in [-0.2, 0) is 6.54 Å². The highest BCUT2D eigenvalue weighted by molar-refractivity contribution is 5.85. The van der Waals surface area contributed by atoms with E-state index in [2.05, 4.69) is 15.0 Å². The number of piperidine rings is 1. The van der Waals surface area contributed by atoms with E-state index in [1.54, 1.807) is 12.1 Å². The summed E-state index contributed by atoms with van der Waals surface area (Å²) in [7, 11) is 0. The van der Waals surface area contributed by atoms with Crippen LogP contribution in [0, 0.1) is 5.82 Å². The third kappa shape index (κ3) is 3.82. The van der Waals surface area contributed by atoms with Crippen molar-refractivity contribution in [2.75, 3.05) is 13.1 Å². The Morgan fingerprint density at radius 3 is 2.77 bits per heavy atom. The van der Waals surface area contributed by atoms with Crippen LogP contribution in [0.15, 0.2) is 28.8 Å². The Labute approximate surface area is 135 Å². The molecule has 120 valence electrons. The second-order valence-corrected chi connectivity index (χ2v) is 5.37. The molecule has 0 amide bonds. The van der Waals surface area contributed by atoms with Gasteiger partial charge in [-0.3, -0.25) is 4.90 Å². The van der Waals surface area contributed by atoms with Crippen LogP contribution < -0.4 is 5.73 Å². The second kappa shape index (κ2) is 7.67. The lowest BCUT2D eigenvalue weighted by molar-refractivity contribution is 0.128. The molecule has 1 fully saturated rings. The van der Waals surface area contributed by atoms with Crippen LogP contribution in [0.1, 0.15) is 25.2 Å². The van der Waals surface area contributed by atoms with Gasteiger partial charge in [0, 0.05) is 18.2 Å². The van der Waals surface area contributed by atoms with Gasteiger partial charge in [-0.05, 0) is 43.7 Å². The summed E-state index contributed by atoms with van der Waals surface area (Å²) in [5.74, 6) is 0.794. The molecule has 1 aromatic heterocycles. The third-order valence-corrected chi connectivity index (χ3v) is 3.93. The van der Waals surface area contributed by atoms with Gasteiger partial charge in [0.15, 0.2) is 0 Å². The third-order valence-electron chi connectivity index (χ3n) is 3.93. The first-order chi connectivity index (χ1) is 10.3. The summed E-state index contributed by atoms with van der Waals surface area (Å²) < 4.78 is 18.2. The molecule has 2 N–H and O–H groups in total. The smallest absolute Gasteiger partial charge is 0.241 e. The average molecular weight is 327 g/mol. The molecule has 22 heavy (non-hydrogen) atoms. The van der Waals surface area contributed by atoms with Gasteiger partial charge in [0.2, 0.25) is 11.7 Å². The minimum atomic E-state index is -0.276. The zero-order chi connectivity index (χ0) is 14.7. The summed E-state index contributed by atoms with van der Waals surface area (Å²) in [6.45, 7) is 2.28. The maximum atomic E-state index is 12.9. The topological polar surface area (TPSA) is 68.2 Å². The van der Waals surface area contributed by atoms with E-state index in [0.29, 0.717) is 30.8 Å². The van der Waals surface area contributed by atoms with Crippen LogP contribution in [0.2, 0.25) is 0 Å². The SMILES string of the molecule is Cl.NCC1CCCCN1Cc1nc(-c2ccc(F)cc2)no1. The molecule has 2 aromatic rings. The minimum Gasteiger partial charge on any atom is -0.338 e. The normalized spacial score (nSPS) is 18.9. The van der Waals surface area contributed by atoms with Crippen molar-refractivity contribution in [1.82, 2.24) is 15.0 Å². The molecule has 0 bridgehead atoms. The van der Waals surface area contributed by atoms with Crippen LogP contribution in [0.5, 0.6) is 0 Å². The fourth-order valence-electron chi connectivity index (χ4n) is 2.74. The highest BCUT2D eigenvalue weighted by Crippen LogP contribution is 2.20. The van der Waals surface area contributed by atoms with Gasteiger partial charge in [-0.15, -0.1) is 12.4 Å². The molecule has 1 aromatic carbocycles. The van der Waals surface area contributed by atoms with Crippen molar-refractivity contribution in [1.29, 1.82) is 0 Å². The Kier molecular flexibility index (Phi) is 5.88. The lowest BCUT2D eigenvalue weighted by Crippen LogP contribution is -2.43. The Morgan fingerprint density at radius 1 is 1.27 bits per heavy atom. The van der Waals surface area contributed by atoms with Crippen LogP contribution in [0.3, 0.4) is 0 Å². The van der Waals surface area contributed by atoms with Crippen molar-refractivity contribution >= 4 is 12.4 Å². The lowest BCUT2D eigenvalue weighted by Gasteiger charge is -2.33. The molecule has 1 saturated heterocycles. The van der Waals surface area contributed by atoms with Crippen LogP contribution in [0.25, 0.3) is 11.4 Å². The first-order valence-corrected chi connectivity index (χ1v) is 7.29. The zero-order valence-electron chi connectivity index (χ0n) is 12.2. The van der Waals surface area contributed by atoms with E-state index in [0.717, 1.165) is 18.5 Å². The first kappa shape index (κ1) is 16.9. The second-order valence-electron chi connectivity index (χ2n) is 5.37. The minimum absolute atomic E-state index is 0. The standard InChI is InChI=1S/C15H19FN4O.ClH/c16-12-6-4-11(5-7-12)15-18-14(21-19-15)10-20-8-2-1-3-13(20)9-17;/h4-7,13H,1-3,8-10,17H2;1H. The maximum absolute atomic E-state index is 12.9. The summed E-state index contributed by atoms with van der Waals surface area (Å²) >= 11 is 0. The number of likely N-dealkylation sites (tertiary alicyclic amines) is 1. The summed E-state index contributed by atoms with van der Waals surface area (Å²) in [5.41, 5.74) is 6.56. The van der Waals surface area contributed by atoms with Gasteiger partial charge in [-0.1, -0.05) is 11.6 Å². The summed E-state index contributed by atoms with van der Waals surface area (Å²) in [6.07, 6.45) is 3.52. The zero-order valence-corrected chi connectivity index (χ0v) is 13.1. The van der Waals surface area contributed by atoms with Crippen molar-refractivity contribution < 1.29 is 8.91 Å². The van der Waals surface area contributed by atoms with Gasteiger partial charge in [0.05, 0.1) is 6.54 Å². The Balaban J connectivity index is 0.00000176. The molecule has 1 atom stereocenters. The van der Waals surface area contributed by atoms with E-state index >= 15 is 0 Å². The number of benzene rings is 1. The van der Waals surface area contributed by atoms with Crippen molar-refractivity contribution in [3.05, 3.63) is 36.0 Å². The molecule has 1 aliphatic rings. The van der Waals surface area contributed by atoms with Crippen LogP contribution in [0.4, 0.5) is 4.39 Å². The summed E-state index contributed by atoms with van der Waals surface area (Å²) in [6, 6.07) is 6.46. The molecule has 0 spiro atoms. The Hall–Kier alpha value is -1.50. The molecule has 5 nitrogen and oxygen atoms in total. The molecule has 2 heterocycles. The Bertz CT molecular complexity index is 589. The van der Waals surface area contributed by atoms with Gasteiger partial charge < -0.3 is 10.3 Å². The first-order valence-electron chi connectivity index (χ1n) is 7.29.